The lowest BCUT2D eigenvalue weighted by molar-refractivity contribution is 0.648. The highest BCUT2D eigenvalue weighted by atomic mass is 15.2. The molecule has 61 heavy (non-hydrogen) atoms. The molecular formula is C58H47N3. The molecular weight excluding hydrogens is 739 g/mol. The number of fused-ring (bicyclic) bond motifs is 6. The van der Waals surface area contributed by atoms with Gasteiger partial charge in [0, 0.05) is 61.3 Å². The summed E-state index contributed by atoms with van der Waals surface area (Å²) < 4.78 is 2.52. The van der Waals surface area contributed by atoms with Crippen molar-refractivity contribution in [2.75, 3.05) is 9.80 Å². The number of hydrogen-bond donors (Lipinski definition) is 0. The lowest BCUT2D eigenvalue weighted by Crippen LogP contribution is -2.17. The number of nitrogens with zero attached hydrogens (tertiary/aromatic N) is 3. The molecule has 0 N–H and O–H groups in total. The zero-order valence-electron chi connectivity index (χ0n) is 34.8. The van der Waals surface area contributed by atoms with Crippen LogP contribution < -0.4 is 9.80 Å². The third-order valence-corrected chi connectivity index (χ3v) is 12.9. The SMILES string of the molecule is Cc1ccc(N(c2ccccc2)c2cc(-c3ccc4c(c3)c3ccccc3n4C3C=CC=CC3)cc(N(c3ccccc3)c3ccc4c(c3)C(C)(C)c3ccccc3-4)c2)cc1. The van der Waals surface area contributed by atoms with Crippen LogP contribution in [-0.4, -0.2) is 4.57 Å². The summed E-state index contributed by atoms with van der Waals surface area (Å²) in [5, 5.41) is 2.54. The summed E-state index contributed by atoms with van der Waals surface area (Å²) in [7, 11) is 0. The smallest absolute Gasteiger partial charge is 0.0560 e. The second-order valence-electron chi connectivity index (χ2n) is 17.1. The molecule has 1 atom stereocenters. The molecule has 0 amide bonds. The van der Waals surface area contributed by atoms with Crippen LogP contribution in [0.25, 0.3) is 44.1 Å². The molecule has 3 nitrogen and oxygen atoms in total. The average Bonchev–Trinajstić information content (AvgIpc) is 3.76. The third kappa shape index (κ3) is 6.28. The number of allylic oxidation sites excluding steroid dienone is 4. The van der Waals surface area contributed by atoms with Crippen LogP contribution >= 0.6 is 0 Å². The van der Waals surface area contributed by atoms with Crippen LogP contribution in [0.15, 0.2) is 212 Å². The van der Waals surface area contributed by atoms with Gasteiger partial charge in [-0.2, -0.15) is 0 Å². The maximum Gasteiger partial charge on any atom is 0.0560 e. The molecule has 0 saturated heterocycles. The predicted octanol–water partition coefficient (Wildman–Crippen LogP) is 16.1. The van der Waals surface area contributed by atoms with Crippen LogP contribution in [0, 0.1) is 6.92 Å². The molecule has 1 unspecified atom stereocenters. The highest BCUT2D eigenvalue weighted by Crippen LogP contribution is 2.51. The Kier molecular flexibility index (Phi) is 8.86. The summed E-state index contributed by atoms with van der Waals surface area (Å²) in [5.74, 6) is 0. The molecule has 11 rings (SSSR count). The van der Waals surface area contributed by atoms with Crippen molar-refractivity contribution in [2.45, 2.75) is 38.6 Å². The van der Waals surface area contributed by atoms with Gasteiger partial charge in [0.15, 0.2) is 0 Å². The Morgan fingerprint density at radius 2 is 1.07 bits per heavy atom. The van der Waals surface area contributed by atoms with E-state index >= 15 is 0 Å². The molecule has 294 valence electrons. The van der Waals surface area contributed by atoms with Crippen molar-refractivity contribution >= 4 is 55.9 Å². The molecule has 0 fully saturated rings. The van der Waals surface area contributed by atoms with Crippen molar-refractivity contribution in [3.05, 3.63) is 229 Å². The maximum absolute atomic E-state index is 2.52. The lowest BCUT2D eigenvalue weighted by atomic mass is 9.82. The van der Waals surface area contributed by atoms with E-state index in [4.69, 9.17) is 0 Å². The van der Waals surface area contributed by atoms with Crippen LogP contribution in [0.1, 0.15) is 43.0 Å². The van der Waals surface area contributed by atoms with Gasteiger partial charge in [-0.25, -0.2) is 0 Å². The zero-order chi connectivity index (χ0) is 41.1. The molecule has 9 aromatic rings. The van der Waals surface area contributed by atoms with Crippen molar-refractivity contribution < 1.29 is 0 Å². The second-order valence-corrected chi connectivity index (χ2v) is 17.1. The van der Waals surface area contributed by atoms with Crippen molar-refractivity contribution in [1.82, 2.24) is 4.57 Å². The number of aromatic nitrogens is 1. The summed E-state index contributed by atoms with van der Waals surface area (Å²) >= 11 is 0. The Morgan fingerprint density at radius 3 is 1.79 bits per heavy atom. The summed E-state index contributed by atoms with van der Waals surface area (Å²) in [6.45, 7) is 6.87. The minimum atomic E-state index is -0.134. The zero-order valence-corrected chi connectivity index (χ0v) is 34.8. The Labute approximate surface area is 358 Å². The van der Waals surface area contributed by atoms with Gasteiger partial charge in [0.1, 0.15) is 0 Å². The van der Waals surface area contributed by atoms with E-state index in [1.807, 2.05) is 0 Å². The Hall–Kier alpha value is -7.36. The standard InChI is InChI=1S/C58H47N3/c1-40-27-30-46(31-28-40)59(43-17-7-4-8-18-43)48-35-42(41-29-34-57-53(37-41)52-24-14-16-26-56(52)61(57)45-21-11-6-12-22-45)36-49(38-48)60(44-19-9-5-10-20-44)47-32-33-51-50-23-13-15-25-54(50)58(2,3)55(51)39-47/h4-21,23-39,45H,22H2,1-3H3. The van der Waals surface area contributed by atoms with E-state index in [9.17, 15) is 0 Å². The third-order valence-electron chi connectivity index (χ3n) is 12.9. The molecule has 2 aliphatic rings. The van der Waals surface area contributed by atoms with Gasteiger partial charge in [-0.05, 0) is 132 Å². The van der Waals surface area contributed by atoms with Gasteiger partial charge in [-0.1, -0.05) is 147 Å². The fourth-order valence-corrected chi connectivity index (χ4v) is 9.89. The van der Waals surface area contributed by atoms with Gasteiger partial charge in [-0.3, -0.25) is 0 Å². The maximum atomic E-state index is 2.52. The molecule has 0 aliphatic heterocycles. The van der Waals surface area contributed by atoms with Crippen molar-refractivity contribution in [1.29, 1.82) is 0 Å². The first-order chi connectivity index (χ1) is 29.9. The van der Waals surface area contributed by atoms with Gasteiger partial charge in [0.2, 0.25) is 0 Å². The molecule has 0 radical (unpaired) electrons. The van der Waals surface area contributed by atoms with E-state index in [1.54, 1.807) is 0 Å². The first-order valence-electron chi connectivity index (χ1n) is 21.5. The quantitative estimate of drug-likeness (QED) is 0.152. The Morgan fingerprint density at radius 1 is 0.459 bits per heavy atom. The Balaban J connectivity index is 1.16. The fourth-order valence-electron chi connectivity index (χ4n) is 9.89. The summed E-state index contributed by atoms with van der Waals surface area (Å²) in [5.41, 5.74) is 17.9. The van der Waals surface area contributed by atoms with Gasteiger partial charge in [-0.15, -0.1) is 0 Å². The van der Waals surface area contributed by atoms with E-state index in [2.05, 4.69) is 247 Å². The predicted molar refractivity (Wildman–Crippen MR) is 258 cm³/mol. The van der Waals surface area contributed by atoms with E-state index in [-0.39, 0.29) is 11.5 Å². The normalized spacial score (nSPS) is 14.9. The molecule has 0 spiro atoms. The highest BCUT2D eigenvalue weighted by molar-refractivity contribution is 6.09. The molecule has 1 aromatic heterocycles. The van der Waals surface area contributed by atoms with Crippen molar-refractivity contribution in [3.63, 3.8) is 0 Å². The van der Waals surface area contributed by atoms with E-state index in [0.29, 0.717) is 0 Å². The van der Waals surface area contributed by atoms with Crippen LogP contribution in [0.5, 0.6) is 0 Å². The van der Waals surface area contributed by atoms with Gasteiger partial charge < -0.3 is 14.4 Å². The van der Waals surface area contributed by atoms with Crippen LogP contribution in [0.4, 0.5) is 34.1 Å². The summed E-state index contributed by atoms with van der Waals surface area (Å²) in [6.07, 6.45) is 9.92. The molecule has 0 saturated carbocycles. The molecule has 3 heteroatoms. The monoisotopic (exact) mass is 785 g/mol. The average molecular weight is 786 g/mol. The first kappa shape index (κ1) is 36.7. The van der Waals surface area contributed by atoms with E-state index < -0.39 is 0 Å². The summed E-state index contributed by atoms with van der Waals surface area (Å²) in [4.78, 5) is 4.84. The molecule has 2 aliphatic carbocycles. The van der Waals surface area contributed by atoms with Crippen molar-refractivity contribution in [2.24, 2.45) is 0 Å². The van der Waals surface area contributed by atoms with Crippen LogP contribution in [0.2, 0.25) is 0 Å². The van der Waals surface area contributed by atoms with Crippen LogP contribution in [-0.2, 0) is 5.41 Å². The van der Waals surface area contributed by atoms with Gasteiger partial charge in [0.25, 0.3) is 0 Å². The molecule has 0 bridgehead atoms. The lowest BCUT2D eigenvalue weighted by Gasteiger charge is -2.31. The van der Waals surface area contributed by atoms with E-state index in [1.165, 1.54) is 55.2 Å². The van der Waals surface area contributed by atoms with Gasteiger partial charge in [0.05, 0.1) is 6.04 Å². The van der Waals surface area contributed by atoms with E-state index in [0.717, 1.165) is 46.1 Å². The molecule has 1 heterocycles. The number of aryl methyl sites for hydroxylation is 1. The number of hydrogen-bond acceptors (Lipinski definition) is 2. The van der Waals surface area contributed by atoms with Crippen molar-refractivity contribution in [3.8, 4) is 22.3 Å². The highest BCUT2D eigenvalue weighted by Gasteiger charge is 2.36. The molecule has 8 aromatic carbocycles. The number of anilines is 6. The number of para-hydroxylation sites is 3. The minimum Gasteiger partial charge on any atom is -0.333 e. The fraction of sp³-hybridized carbons (Fsp3) is 0.103. The van der Waals surface area contributed by atoms with Crippen LogP contribution in [0.3, 0.4) is 0 Å². The largest absolute Gasteiger partial charge is 0.333 e. The second kappa shape index (κ2) is 14.7. The topological polar surface area (TPSA) is 11.4 Å². The van der Waals surface area contributed by atoms with Gasteiger partial charge >= 0.3 is 0 Å². The number of rotatable bonds is 8. The Bertz CT molecular complexity index is 3150. The summed E-state index contributed by atoms with van der Waals surface area (Å²) in [6, 6.07) is 69.8. The first-order valence-corrected chi connectivity index (χ1v) is 21.5. The number of benzene rings is 8. The minimum absolute atomic E-state index is 0.134.